The van der Waals surface area contributed by atoms with Gasteiger partial charge in [-0.15, -0.1) is 0 Å². The molecule has 6 nitrogen and oxygen atoms in total. The zero-order chi connectivity index (χ0) is 20.2. The second kappa shape index (κ2) is 8.38. The average Bonchev–Trinajstić information content (AvgIpc) is 3.09. The summed E-state index contributed by atoms with van der Waals surface area (Å²) in [6, 6.07) is 11.2. The van der Waals surface area contributed by atoms with Crippen LogP contribution in [0.15, 0.2) is 48.8 Å². The highest BCUT2D eigenvalue weighted by Gasteiger charge is 2.31. The van der Waals surface area contributed by atoms with E-state index in [0.717, 1.165) is 16.5 Å². The van der Waals surface area contributed by atoms with Gasteiger partial charge in [0.1, 0.15) is 5.65 Å². The highest BCUT2D eigenvalue weighted by Crippen LogP contribution is 2.25. The standard InChI is InChI=1S/C22H19ClN4O2/c23-18-12-26-22-21(18)17(8-9-24-22)11-25-19(28)10-16-13-27(14-16)20(29)7-6-15-4-2-1-3-5-15/h1-5,8-9,12,16H,10-11,13-14H2,(H,24,26)(H,25,28). The van der Waals surface area contributed by atoms with Crippen molar-refractivity contribution in [2.24, 2.45) is 5.92 Å². The first-order chi connectivity index (χ1) is 14.1. The van der Waals surface area contributed by atoms with Crippen molar-refractivity contribution in [3.05, 3.63) is 64.9 Å². The first kappa shape index (κ1) is 19.0. The smallest absolute Gasteiger partial charge is 0.298 e. The number of benzene rings is 1. The molecule has 0 bridgehead atoms. The van der Waals surface area contributed by atoms with Crippen LogP contribution in [-0.4, -0.2) is 39.8 Å². The molecule has 2 amide bonds. The van der Waals surface area contributed by atoms with E-state index in [1.165, 1.54) is 0 Å². The Hall–Kier alpha value is -3.30. The fourth-order valence-electron chi connectivity index (χ4n) is 3.35. The Bertz CT molecular complexity index is 1110. The van der Waals surface area contributed by atoms with Crippen molar-refractivity contribution >= 4 is 34.4 Å². The summed E-state index contributed by atoms with van der Waals surface area (Å²) in [5.74, 6) is 5.43. The monoisotopic (exact) mass is 406 g/mol. The van der Waals surface area contributed by atoms with Crippen LogP contribution in [0.3, 0.4) is 0 Å². The molecule has 29 heavy (non-hydrogen) atoms. The summed E-state index contributed by atoms with van der Waals surface area (Å²) in [6.45, 7) is 1.49. The van der Waals surface area contributed by atoms with Gasteiger partial charge in [0.25, 0.3) is 5.91 Å². The maximum absolute atomic E-state index is 12.3. The summed E-state index contributed by atoms with van der Waals surface area (Å²) in [6.07, 6.45) is 3.75. The lowest BCUT2D eigenvalue weighted by atomic mass is 9.96. The van der Waals surface area contributed by atoms with Crippen LogP contribution in [0.25, 0.3) is 11.0 Å². The molecule has 2 N–H and O–H groups in total. The number of rotatable bonds is 4. The molecule has 1 aromatic carbocycles. The van der Waals surface area contributed by atoms with Crippen molar-refractivity contribution in [3.63, 3.8) is 0 Å². The predicted molar refractivity (Wildman–Crippen MR) is 111 cm³/mol. The van der Waals surface area contributed by atoms with Gasteiger partial charge in [0.05, 0.1) is 5.02 Å². The first-order valence-electron chi connectivity index (χ1n) is 9.33. The number of hydrogen-bond acceptors (Lipinski definition) is 3. The zero-order valence-corrected chi connectivity index (χ0v) is 16.4. The van der Waals surface area contributed by atoms with Crippen LogP contribution in [-0.2, 0) is 16.1 Å². The molecule has 4 rings (SSSR count). The second-order valence-electron chi connectivity index (χ2n) is 7.00. The lowest BCUT2D eigenvalue weighted by molar-refractivity contribution is -0.134. The third-order valence-electron chi connectivity index (χ3n) is 4.89. The van der Waals surface area contributed by atoms with Crippen molar-refractivity contribution in [2.75, 3.05) is 13.1 Å². The topological polar surface area (TPSA) is 78.1 Å². The van der Waals surface area contributed by atoms with Crippen LogP contribution in [0.4, 0.5) is 0 Å². The number of H-pyrrole nitrogens is 1. The average molecular weight is 407 g/mol. The molecule has 0 spiro atoms. The van der Waals surface area contributed by atoms with Crippen LogP contribution in [0.1, 0.15) is 17.5 Å². The Morgan fingerprint density at radius 2 is 2.03 bits per heavy atom. The van der Waals surface area contributed by atoms with E-state index in [9.17, 15) is 9.59 Å². The predicted octanol–water partition coefficient (Wildman–Crippen LogP) is 2.73. The minimum Gasteiger partial charge on any atom is -0.352 e. The van der Waals surface area contributed by atoms with Gasteiger partial charge in [-0.2, -0.15) is 0 Å². The van der Waals surface area contributed by atoms with E-state index in [4.69, 9.17) is 11.6 Å². The molecule has 0 aliphatic carbocycles. The van der Waals surface area contributed by atoms with Gasteiger partial charge in [-0.05, 0) is 23.8 Å². The van der Waals surface area contributed by atoms with Crippen LogP contribution >= 0.6 is 11.6 Å². The largest absolute Gasteiger partial charge is 0.352 e. The van der Waals surface area contributed by atoms with Crippen molar-refractivity contribution in [1.82, 2.24) is 20.2 Å². The summed E-state index contributed by atoms with van der Waals surface area (Å²) in [4.78, 5) is 33.3. The van der Waals surface area contributed by atoms with Gasteiger partial charge in [0, 0.05) is 61.2 Å². The third kappa shape index (κ3) is 4.41. The first-order valence-corrected chi connectivity index (χ1v) is 9.71. The van der Waals surface area contributed by atoms with Crippen molar-refractivity contribution in [3.8, 4) is 11.8 Å². The molecule has 1 fully saturated rings. The maximum atomic E-state index is 12.3. The van der Waals surface area contributed by atoms with E-state index >= 15 is 0 Å². The Balaban J connectivity index is 1.24. The van der Waals surface area contributed by atoms with Gasteiger partial charge in [-0.1, -0.05) is 35.7 Å². The number of aromatic amines is 1. The fraction of sp³-hybridized carbons (Fsp3) is 0.227. The molecule has 0 radical (unpaired) electrons. The summed E-state index contributed by atoms with van der Waals surface area (Å²) in [5, 5.41) is 4.34. The Labute approximate surface area is 173 Å². The number of nitrogens with zero attached hydrogens (tertiary/aromatic N) is 2. The lowest BCUT2D eigenvalue weighted by Crippen LogP contribution is -2.50. The quantitative estimate of drug-likeness (QED) is 0.654. The van der Waals surface area contributed by atoms with E-state index in [1.54, 1.807) is 17.3 Å². The lowest BCUT2D eigenvalue weighted by Gasteiger charge is -2.37. The van der Waals surface area contributed by atoms with E-state index in [2.05, 4.69) is 27.1 Å². The molecular weight excluding hydrogens is 388 g/mol. The molecule has 1 aliphatic rings. The van der Waals surface area contributed by atoms with E-state index in [-0.39, 0.29) is 17.7 Å². The minimum absolute atomic E-state index is 0.0471. The Morgan fingerprint density at radius 3 is 2.83 bits per heavy atom. The van der Waals surface area contributed by atoms with Gasteiger partial charge in [0.15, 0.2) is 0 Å². The Morgan fingerprint density at radius 1 is 1.24 bits per heavy atom. The molecule has 3 heterocycles. The molecule has 3 aromatic rings. The number of pyridine rings is 1. The van der Waals surface area contributed by atoms with E-state index in [0.29, 0.717) is 36.7 Å². The van der Waals surface area contributed by atoms with Gasteiger partial charge in [0.2, 0.25) is 5.91 Å². The van der Waals surface area contributed by atoms with Gasteiger partial charge in [-0.3, -0.25) is 9.59 Å². The summed E-state index contributed by atoms with van der Waals surface area (Å²) in [7, 11) is 0. The second-order valence-corrected chi connectivity index (χ2v) is 7.41. The fourth-order valence-corrected chi connectivity index (χ4v) is 3.61. The SMILES string of the molecule is O=C(CC1CN(C(=O)C#Cc2ccccc2)C1)NCc1ccnc2[nH]cc(Cl)c12. The molecule has 1 saturated heterocycles. The van der Waals surface area contributed by atoms with Crippen LogP contribution in [0, 0.1) is 17.8 Å². The molecule has 2 aromatic heterocycles. The minimum atomic E-state index is -0.202. The molecule has 1 aliphatic heterocycles. The van der Waals surface area contributed by atoms with Crippen molar-refractivity contribution in [2.45, 2.75) is 13.0 Å². The highest BCUT2D eigenvalue weighted by atomic mass is 35.5. The molecule has 0 atom stereocenters. The molecular formula is C22H19ClN4O2. The van der Waals surface area contributed by atoms with E-state index in [1.807, 2.05) is 36.4 Å². The van der Waals surface area contributed by atoms with Crippen LogP contribution in [0.2, 0.25) is 5.02 Å². The van der Waals surface area contributed by atoms with Crippen molar-refractivity contribution in [1.29, 1.82) is 0 Å². The van der Waals surface area contributed by atoms with Crippen LogP contribution in [0.5, 0.6) is 0 Å². The van der Waals surface area contributed by atoms with Crippen LogP contribution < -0.4 is 5.32 Å². The number of likely N-dealkylation sites (tertiary alicyclic amines) is 1. The molecule has 0 saturated carbocycles. The summed E-state index contributed by atoms with van der Waals surface area (Å²) in [5.41, 5.74) is 2.42. The van der Waals surface area contributed by atoms with E-state index < -0.39 is 0 Å². The Kier molecular flexibility index (Phi) is 5.50. The van der Waals surface area contributed by atoms with Gasteiger partial charge in [-0.25, -0.2) is 4.98 Å². The number of carbonyl (C=O) groups excluding carboxylic acids is 2. The van der Waals surface area contributed by atoms with Crippen molar-refractivity contribution < 1.29 is 9.59 Å². The number of hydrogen-bond donors (Lipinski definition) is 2. The zero-order valence-electron chi connectivity index (χ0n) is 15.6. The van der Waals surface area contributed by atoms with Gasteiger partial charge < -0.3 is 15.2 Å². The number of amides is 2. The number of nitrogens with one attached hydrogen (secondary N) is 2. The van der Waals surface area contributed by atoms with Gasteiger partial charge >= 0.3 is 0 Å². The number of halogens is 1. The molecule has 146 valence electrons. The molecule has 0 unspecified atom stereocenters. The maximum Gasteiger partial charge on any atom is 0.298 e. The number of carbonyl (C=O) groups is 2. The molecule has 7 heteroatoms. The highest BCUT2D eigenvalue weighted by molar-refractivity contribution is 6.35. The normalized spacial score (nSPS) is 13.5. The number of fused-ring (bicyclic) bond motifs is 1. The third-order valence-corrected chi connectivity index (χ3v) is 5.19. The number of aromatic nitrogens is 2. The summed E-state index contributed by atoms with van der Waals surface area (Å²) >= 11 is 6.19. The summed E-state index contributed by atoms with van der Waals surface area (Å²) < 4.78 is 0.